The van der Waals surface area contributed by atoms with Crippen molar-refractivity contribution in [3.8, 4) is 0 Å². The smallest absolute Gasteiger partial charge is 0.254 e. The van der Waals surface area contributed by atoms with E-state index in [2.05, 4.69) is 12.6 Å². The van der Waals surface area contributed by atoms with Crippen molar-refractivity contribution in [2.75, 3.05) is 13.1 Å². The lowest BCUT2D eigenvalue weighted by molar-refractivity contribution is -0.121. The van der Waals surface area contributed by atoms with Gasteiger partial charge in [-0.25, -0.2) is 0 Å². The summed E-state index contributed by atoms with van der Waals surface area (Å²) in [6, 6.07) is 5.49. The number of nitrogens with two attached hydrogens (primary N) is 1. The maximum Gasteiger partial charge on any atom is 0.254 e. The summed E-state index contributed by atoms with van der Waals surface area (Å²) in [6.45, 7) is 2.90. The van der Waals surface area contributed by atoms with Crippen LogP contribution in [0.15, 0.2) is 23.1 Å². The number of amides is 2. The second-order valence-corrected chi connectivity index (χ2v) is 5.15. The van der Waals surface area contributed by atoms with Crippen LogP contribution in [0.5, 0.6) is 0 Å². The molecular formula is C13H16N2O2S. The van der Waals surface area contributed by atoms with Gasteiger partial charge in [-0.2, -0.15) is 0 Å². The van der Waals surface area contributed by atoms with E-state index in [-0.39, 0.29) is 17.7 Å². The average Bonchev–Trinajstić information content (AvgIpc) is 2.81. The summed E-state index contributed by atoms with van der Waals surface area (Å²) >= 11 is 4.24. The van der Waals surface area contributed by atoms with Crippen molar-refractivity contribution in [3.05, 3.63) is 29.3 Å². The summed E-state index contributed by atoms with van der Waals surface area (Å²) < 4.78 is 0. The molecule has 1 saturated heterocycles. The number of nitrogens with zero attached hydrogens (tertiary/aromatic N) is 1. The Morgan fingerprint density at radius 3 is 2.78 bits per heavy atom. The molecule has 1 aromatic carbocycles. The molecule has 1 heterocycles. The number of hydrogen-bond acceptors (Lipinski definition) is 3. The lowest BCUT2D eigenvalue weighted by Crippen LogP contribution is -2.32. The van der Waals surface area contributed by atoms with Gasteiger partial charge in [0.05, 0.1) is 5.92 Å². The minimum Gasteiger partial charge on any atom is -0.369 e. The zero-order valence-corrected chi connectivity index (χ0v) is 11.1. The van der Waals surface area contributed by atoms with Gasteiger partial charge < -0.3 is 10.6 Å². The van der Waals surface area contributed by atoms with Gasteiger partial charge in [0.2, 0.25) is 5.91 Å². The van der Waals surface area contributed by atoms with Gasteiger partial charge in [-0.3, -0.25) is 9.59 Å². The van der Waals surface area contributed by atoms with Crippen molar-refractivity contribution in [1.29, 1.82) is 0 Å². The molecule has 2 rings (SSSR count). The highest BCUT2D eigenvalue weighted by Gasteiger charge is 2.30. The minimum absolute atomic E-state index is 0.0489. The Morgan fingerprint density at radius 2 is 2.17 bits per heavy atom. The molecule has 96 valence electrons. The summed E-state index contributed by atoms with van der Waals surface area (Å²) in [5.74, 6) is -0.592. The number of thiol groups is 1. The van der Waals surface area contributed by atoms with Crippen molar-refractivity contribution >= 4 is 24.4 Å². The Bertz CT molecular complexity index is 502. The van der Waals surface area contributed by atoms with Crippen LogP contribution in [0.4, 0.5) is 0 Å². The van der Waals surface area contributed by atoms with Crippen LogP contribution < -0.4 is 5.73 Å². The van der Waals surface area contributed by atoms with Crippen LogP contribution in [0.2, 0.25) is 0 Å². The van der Waals surface area contributed by atoms with Crippen LogP contribution in [-0.2, 0) is 4.79 Å². The topological polar surface area (TPSA) is 63.4 Å². The molecule has 5 heteroatoms. The fourth-order valence-corrected chi connectivity index (χ4v) is 2.39. The zero-order chi connectivity index (χ0) is 13.3. The van der Waals surface area contributed by atoms with Gasteiger partial charge in [0, 0.05) is 23.5 Å². The van der Waals surface area contributed by atoms with Crippen molar-refractivity contribution in [3.63, 3.8) is 0 Å². The van der Waals surface area contributed by atoms with Crippen LogP contribution in [-0.4, -0.2) is 29.8 Å². The quantitative estimate of drug-likeness (QED) is 0.789. The Kier molecular flexibility index (Phi) is 3.61. The van der Waals surface area contributed by atoms with Gasteiger partial charge in [-0.1, -0.05) is 6.07 Å². The van der Waals surface area contributed by atoms with Crippen LogP contribution in [0, 0.1) is 12.8 Å². The van der Waals surface area contributed by atoms with E-state index in [9.17, 15) is 9.59 Å². The first kappa shape index (κ1) is 13.0. The molecular weight excluding hydrogens is 248 g/mol. The van der Waals surface area contributed by atoms with E-state index in [1.807, 2.05) is 19.1 Å². The first-order valence-electron chi connectivity index (χ1n) is 5.87. The highest BCUT2D eigenvalue weighted by atomic mass is 32.1. The molecule has 0 radical (unpaired) electrons. The molecule has 1 aliphatic heterocycles. The number of carbonyl (C=O) groups is 2. The molecule has 0 bridgehead atoms. The molecule has 0 saturated carbocycles. The van der Waals surface area contributed by atoms with Crippen LogP contribution >= 0.6 is 12.6 Å². The van der Waals surface area contributed by atoms with E-state index in [0.29, 0.717) is 25.1 Å². The summed E-state index contributed by atoms with van der Waals surface area (Å²) in [7, 11) is 0. The number of hydrogen-bond donors (Lipinski definition) is 2. The molecule has 2 N–H and O–H groups in total. The molecule has 2 amide bonds. The van der Waals surface area contributed by atoms with Crippen LogP contribution in [0.1, 0.15) is 22.3 Å². The standard InChI is InChI=1S/C13H16N2O2S/c1-8-2-3-10(18)6-11(8)13(17)15-5-4-9(7-15)12(14)16/h2-3,6,9,18H,4-5,7H2,1H3,(H2,14,16). The number of rotatable bonds is 2. The third-order valence-electron chi connectivity index (χ3n) is 3.33. The third kappa shape index (κ3) is 2.51. The number of benzene rings is 1. The second-order valence-electron chi connectivity index (χ2n) is 4.64. The molecule has 1 unspecified atom stereocenters. The molecule has 0 aliphatic carbocycles. The molecule has 1 aliphatic rings. The highest BCUT2D eigenvalue weighted by Crippen LogP contribution is 2.21. The number of aryl methyl sites for hydroxylation is 1. The molecule has 18 heavy (non-hydrogen) atoms. The van der Waals surface area contributed by atoms with Gasteiger partial charge in [0.25, 0.3) is 5.91 Å². The van der Waals surface area contributed by atoms with Crippen molar-refractivity contribution in [2.24, 2.45) is 11.7 Å². The van der Waals surface area contributed by atoms with Crippen molar-refractivity contribution < 1.29 is 9.59 Å². The lowest BCUT2D eigenvalue weighted by Gasteiger charge is -2.17. The Labute approximate surface area is 112 Å². The van der Waals surface area contributed by atoms with Gasteiger partial charge >= 0.3 is 0 Å². The summed E-state index contributed by atoms with van der Waals surface area (Å²) in [4.78, 5) is 25.9. The van der Waals surface area contributed by atoms with E-state index in [1.54, 1.807) is 11.0 Å². The van der Waals surface area contributed by atoms with E-state index in [0.717, 1.165) is 10.5 Å². The summed E-state index contributed by atoms with van der Waals surface area (Å²) in [5, 5.41) is 0. The molecule has 1 fully saturated rings. The minimum atomic E-state index is -0.329. The summed E-state index contributed by atoms with van der Waals surface area (Å²) in [6.07, 6.45) is 0.653. The molecule has 1 atom stereocenters. The maximum atomic E-state index is 12.3. The molecule has 1 aromatic rings. The Hall–Kier alpha value is -1.49. The SMILES string of the molecule is Cc1ccc(S)cc1C(=O)N1CCC(C(N)=O)C1. The zero-order valence-electron chi connectivity index (χ0n) is 10.2. The predicted molar refractivity (Wildman–Crippen MR) is 71.6 cm³/mol. The molecule has 0 aromatic heterocycles. The Morgan fingerprint density at radius 1 is 1.44 bits per heavy atom. The third-order valence-corrected chi connectivity index (χ3v) is 3.61. The van der Waals surface area contributed by atoms with Crippen molar-refractivity contribution in [1.82, 2.24) is 4.90 Å². The van der Waals surface area contributed by atoms with Crippen LogP contribution in [0.3, 0.4) is 0 Å². The average molecular weight is 264 g/mol. The van der Waals surface area contributed by atoms with Crippen LogP contribution in [0.25, 0.3) is 0 Å². The normalized spacial score (nSPS) is 19.0. The van der Waals surface area contributed by atoms with E-state index >= 15 is 0 Å². The van der Waals surface area contributed by atoms with Crippen molar-refractivity contribution in [2.45, 2.75) is 18.2 Å². The predicted octanol–water partition coefficient (Wildman–Crippen LogP) is 1.23. The largest absolute Gasteiger partial charge is 0.369 e. The number of primary amides is 1. The molecule has 4 nitrogen and oxygen atoms in total. The van der Waals surface area contributed by atoms with E-state index in [4.69, 9.17) is 5.73 Å². The number of carbonyl (C=O) groups excluding carboxylic acids is 2. The van der Waals surface area contributed by atoms with E-state index < -0.39 is 0 Å². The number of likely N-dealkylation sites (tertiary alicyclic amines) is 1. The molecule has 0 spiro atoms. The van der Waals surface area contributed by atoms with E-state index in [1.165, 1.54) is 0 Å². The monoisotopic (exact) mass is 264 g/mol. The Balaban J connectivity index is 2.17. The maximum absolute atomic E-state index is 12.3. The first-order chi connectivity index (χ1) is 8.49. The van der Waals surface area contributed by atoms with Gasteiger partial charge in [-0.05, 0) is 31.0 Å². The first-order valence-corrected chi connectivity index (χ1v) is 6.32. The van der Waals surface area contributed by atoms with Gasteiger partial charge in [0.1, 0.15) is 0 Å². The second kappa shape index (κ2) is 5.02. The summed E-state index contributed by atoms with van der Waals surface area (Å²) in [5.41, 5.74) is 6.83. The van der Waals surface area contributed by atoms with Gasteiger partial charge in [-0.15, -0.1) is 12.6 Å². The van der Waals surface area contributed by atoms with Gasteiger partial charge in [0.15, 0.2) is 0 Å². The fraction of sp³-hybridized carbons (Fsp3) is 0.385. The lowest BCUT2D eigenvalue weighted by atomic mass is 10.1. The highest BCUT2D eigenvalue weighted by molar-refractivity contribution is 7.80. The fourth-order valence-electron chi connectivity index (χ4n) is 2.19.